The number of rotatable bonds is 10. The Balaban J connectivity index is 0.868. The van der Waals surface area contributed by atoms with E-state index in [1.165, 1.54) is 195 Å². The van der Waals surface area contributed by atoms with Gasteiger partial charge in [0.2, 0.25) is 0 Å². The van der Waals surface area contributed by atoms with Crippen LogP contribution in [0.4, 0.5) is 34.1 Å². The van der Waals surface area contributed by atoms with Crippen molar-refractivity contribution >= 4 is 99.5 Å². The van der Waals surface area contributed by atoms with E-state index in [0.29, 0.717) is 23.7 Å². The largest absolute Gasteiger partial charge is 0.456 e. The van der Waals surface area contributed by atoms with E-state index in [0.717, 1.165) is 55.3 Å². The van der Waals surface area contributed by atoms with Gasteiger partial charge < -0.3 is 18.6 Å². The van der Waals surface area contributed by atoms with Crippen molar-refractivity contribution in [2.75, 3.05) is 9.80 Å². The van der Waals surface area contributed by atoms with E-state index in [9.17, 15) is 0 Å². The molecule has 4 heteroatoms. The number of fused-ring (bicyclic) bond motifs is 10. The first-order chi connectivity index (χ1) is 38.7. The minimum atomic E-state index is 0.651. The molecule has 4 aliphatic carbocycles. The standard InChI is InChI=1S/C74H72N2O2/c1-5-17-49(18-6-1)53-29-37-57(38-30-53)75(58-39-31-54(32-40-58)50-19-7-2-8-20-50)67-46-71-73(63-27-15-13-25-61(63)67)65-45-66-70(48-69(65)77-71)78-72-47-68(62-26-14-16-28-64(62)74(66)72)76(59-41-33-55(34-42-59)51-21-9-3-10-22-51)60-43-35-56(36-44-60)52-23-11-4-12-24-52/h13-16,25-52H,1-12,17-24H2. The van der Waals surface area contributed by atoms with E-state index < -0.39 is 0 Å². The smallest absolute Gasteiger partial charge is 0.139 e. The van der Waals surface area contributed by atoms with Gasteiger partial charge in [0.05, 0.1) is 11.4 Å². The van der Waals surface area contributed by atoms with Crippen molar-refractivity contribution in [1.29, 1.82) is 0 Å². The van der Waals surface area contributed by atoms with Crippen LogP contribution >= 0.6 is 0 Å². The van der Waals surface area contributed by atoms with Crippen molar-refractivity contribution in [2.24, 2.45) is 0 Å². The SMILES string of the molecule is c1ccc2c(c1)c(N(c1ccc(C3CCCCC3)cc1)c1ccc(C3CCCCC3)cc1)cc1oc3cc4oc5cc(N(c6ccc(C7CCCCC7)cc6)c6ccc(C7CCCCC7)cc6)c6ccccc6c5c4cc3c12. The molecule has 78 heavy (non-hydrogen) atoms. The fourth-order valence-corrected chi connectivity index (χ4v) is 15.3. The highest BCUT2D eigenvalue weighted by Crippen LogP contribution is 2.50. The molecule has 0 unspecified atom stereocenters. The first-order valence-electron chi connectivity index (χ1n) is 30.3. The maximum Gasteiger partial charge on any atom is 0.139 e. The number of hydrogen-bond donors (Lipinski definition) is 0. The minimum absolute atomic E-state index is 0.651. The Labute approximate surface area is 460 Å². The van der Waals surface area contributed by atoms with E-state index in [2.05, 4.69) is 180 Å². The van der Waals surface area contributed by atoms with Crippen LogP contribution < -0.4 is 9.80 Å². The molecule has 0 N–H and O–H groups in total. The number of hydrogen-bond acceptors (Lipinski definition) is 4. The van der Waals surface area contributed by atoms with E-state index >= 15 is 0 Å². The van der Waals surface area contributed by atoms with Gasteiger partial charge in [0.25, 0.3) is 0 Å². The summed E-state index contributed by atoms with van der Waals surface area (Å²) in [4.78, 5) is 4.96. The van der Waals surface area contributed by atoms with Crippen LogP contribution in [0.25, 0.3) is 65.4 Å². The zero-order valence-corrected chi connectivity index (χ0v) is 45.3. The minimum Gasteiger partial charge on any atom is -0.456 e. The summed E-state index contributed by atoms with van der Waals surface area (Å²) in [5.74, 6) is 2.60. The molecule has 4 aliphatic rings. The normalized spacial score (nSPS) is 17.5. The molecule has 0 spiro atoms. The lowest BCUT2D eigenvalue weighted by molar-refractivity contribution is 0.443. The molecule has 0 aliphatic heterocycles. The highest BCUT2D eigenvalue weighted by atomic mass is 16.3. The van der Waals surface area contributed by atoms with Crippen LogP contribution in [0.15, 0.2) is 179 Å². The molecule has 9 aromatic carbocycles. The second kappa shape index (κ2) is 20.5. The molecule has 390 valence electrons. The average molecular weight is 1020 g/mol. The second-order valence-corrected chi connectivity index (χ2v) is 24.1. The molecule has 0 saturated heterocycles. The summed E-state index contributed by atoms with van der Waals surface area (Å²) >= 11 is 0. The van der Waals surface area contributed by atoms with Gasteiger partial charge in [0.1, 0.15) is 22.3 Å². The maximum atomic E-state index is 7.10. The van der Waals surface area contributed by atoms with Crippen LogP contribution in [0.1, 0.15) is 174 Å². The van der Waals surface area contributed by atoms with Crippen LogP contribution in [0, 0.1) is 0 Å². The molecule has 0 atom stereocenters. The highest BCUT2D eigenvalue weighted by molar-refractivity contribution is 6.28. The molecule has 0 amide bonds. The van der Waals surface area contributed by atoms with Gasteiger partial charge in [-0.1, -0.05) is 174 Å². The van der Waals surface area contributed by atoms with Crippen molar-refractivity contribution in [2.45, 2.75) is 152 Å². The van der Waals surface area contributed by atoms with Crippen LogP contribution in [0.3, 0.4) is 0 Å². The summed E-state index contributed by atoms with van der Waals surface area (Å²) in [5.41, 5.74) is 16.2. The van der Waals surface area contributed by atoms with Gasteiger partial charge in [-0.25, -0.2) is 0 Å². The van der Waals surface area contributed by atoms with Crippen molar-refractivity contribution in [1.82, 2.24) is 0 Å². The highest BCUT2D eigenvalue weighted by Gasteiger charge is 2.27. The molecule has 4 nitrogen and oxygen atoms in total. The predicted octanol–water partition coefficient (Wildman–Crippen LogP) is 22.9. The monoisotopic (exact) mass is 1020 g/mol. The fraction of sp³-hybridized carbons (Fsp3) is 0.324. The van der Waals surface area contributed by atoms with Crippen molar-refractivity contribution in [3.8, 4) is 0 Å². The van der Waals surface area contributed by atoms with E-state index in [1.807, 2.05) is 0 Å². The molecule has 4 fully saturated rings. The Hall–Kier alpha value is -7.30. The lowest BCUT2D eigenvalue weighted by Gasteiger charge is -2.29. The first-order valence-corrected chi connectivity index (χ1v) is 30.3. The second-order valence-electron chi connectivity index (χ2n) is 24.1. The van der Waals surface area contributed by atoms with Crippen LogP contribution in [0.5, 0.6) is 0 Å². The Kier molecular flexibility index (Phi) is 12.6. The topological polar surface area (TPSA) is 32.8 Å². The average Bonchev–Trinajstić information content (AvgIpc) is 4.29. The maximum absolute atomic E-state index is 7.10. The summed E-state index contributed by atoms with van der Waals surface area (Å²) in [6, 6.07) is 65.3. The molecule has 2 aromatic heterocycles. The molecular formula is C74H72N2O2. The Bertz CT molecular complexity index is 3550. The van der Waals surface area contributed by atoms with Gasteiger partial charge in [-0.15, -0.1) is 0 Å². The lowest BCUT2D eigenvalue weighted by Crippen LogP contribution is -2.12. The molecular weight excluding hydrogens is 949 g/mol. The van der Waals surface area contributed by atoms with Gasteiger partial charge in [-0.2, -0.15) is 0 Å². The van der Waals surface area contributed by atoms with Crippen molar-refractivity contribution in [3.63, 3.8) is 0 Å². The number of anilines is 6. The zero-order valence-electron chi connectivity index (χ0n) is 45.3. The zero-order chi connectivity index (χ0) is 51.5. The molecule has 11 aromatic rings. The first kappa shape index (κ1) is 47.9. The van der Waals surface area contributed by atoms with Gasteiger partial charge in [0, 0.05) is 73.3 Å². The Morgan fingerprint density at radius 3 is 0.833 bits per heavy atom. The van der Waals surface area contributed by atoms with E-state index in [-0.39, 0.29) is 0 Å². The van der Waals surface area contributed by atoms with Crippen molar-refractivity contribution < 1.29 is 8.83 Å². The quantitative estimate of drug-likeness (QED) is 0.137. The summed E-state index contributed by atoms with van der Waals surface area (Å²) in [5, 5.41) is 9.26. The Morgan fingerprint density at radius 2 is 0.538 bits per heavy atom. The van der Waals surface area contributed by atoms with Gasteiger partial charge >= 0.3 is 0 Å². The van der Waals surface area contributed by atoms with E-state index in [4.69, 9.17) is 8.83 Å². The van der Waals surface area contributed by atoms with Crippen LogP contribution in [-0.4, -0.2) is 0 Å². The molecule has 15 rings (SSSR count). The molecule has 0 bridgehead atoms. The number of furan rings is 2. The van der Waals surface area contributed by atoms with Crippen molar-refractivity contribution in [3.05, 3.63) is 192 Å². The van der Waals surface area contributed by atoms with Gasteiger partial charge in [-0.3, -0.25) is 0 Å². The summed E-state index contributed by atoms with van der Waals surface area (Å²) in [6.07, 6.45) is 26.4. The van der Waals surface area contributed by atoms with Gasteiger partial charge in [0.15, 0.2) is 0 Å². The molecule has 0 radical (unpaired) electrons. The summed E-state index contributed by atoms with van der Waals surface area (Å²) < 4.78 is 14.2. The Morgan fingerprint density at radius 1 is 0.256 bits per heavy atom. The number of nitrogens with zero attached hydrogens (tertiary/aromatic N) is 2. The third-order valence-corrected chi connectivity index (χ3v) is 19.4. The molecule has 4 saturated carbocycles. The van der Waals surface area contributed by atoms with E-state index in [1.54, 1.807) is 0 Å². The van der Waals surface area contributed by atoms with Gasteiger partial charge in [-0.05, 0) is 163 Å². The molecule has 2 heterocycles. The summed E-state index contributed by atoms with van der Waals surface area (Å²) in [6.45, 7) is 0. The number of benzene rings is 9. The summed E-state index contributed by atoms with van der Waals surface area (Å²) in [7, 11) is 0. The predicted molar refractivity (Wildman–Crippen MR) is 329 cm³/mol. The lowest BCUT2D eigenvalue weighted by atomic mass is 9.84. The third-order valence-electron chi connectivity index (χ3n) is 19.4. The third kappa shape index (κ3) is 8.66. The van der Waals surface area contributed by atoms with Crippen LogP contribution in [0.2, 0.25) is 0 Å². The fourth-order valence-electron chi connectivity index (χ4n) is 15.3. The van der Waals surface area contributed by atoms with Crippen LogP contribution in [-0.2, 0) is 0 Å².